The highest BCUT2D eigenvalue weighted by Gasteiger charge is 2.20. The Labute approximate surface area is 120 Å². The van der Waals surface area contributed by atoms with E-state index in [4.69, 9.17) is 11.6 Å². The van der Waals surface area contributed by atoms with Crippen molar-refractivity contribution >= 4 is 17.4 Å². The lowest BCUT2D eigenvalue weighted by molar-refractivity contribution is 0.0954. The van der Waals surface area contributed by atoms with Crippen molar-refractivity contribution < 1.29 is 9.18 Å². The summed E-state index contributed by atoms with van der Waals surface area (Å²) >= 11 is 5.95. The van der Waals surface area contributed by atoms with Gasteiger partial charge in [-0.1, -0.05) is 39.3 Å². The summed E-state index contributed by atoms with van der Waals surface area (Å²) in [6.07, 6.45) is 1.42. The summed E-state index contributed by atoms with van der Waals surface area (Å²) in [5, 5.41) is 0.205. The van der Waals surface area contributed by atoms with Crippen molar-refractivity contribution in [2.75, 3.05) is 0 Å². The van der Waals surface area contributed by atoms with Gasteiger partial charge < -0.3 is 0 Å². The number of benzene rings is 1. The lowest BCUT2D eigenvalue weighted by Gasteiger charge is -2.22. The molecule has 1 unspecified atom stereocenters. The zero-order chi connectivity index (χ0) is 14.8. The largest absolute Gasteiger partial charge is 0.294 e. The smallest absolute Gasteiger partial charge is 0.164 e. The zero-order valence-corrected chi connectivity index (χ0v) is 13.1. The third kappa shape index (κ3) is 4.94. The standard InChI is InChI=1S/C16H22ClFO/c1-10(9-16(3,4)5)6-15(19)12-7-11(2)14(18)8-13(12)17/h7-8,10H,6,9H2,1-5H3. The first kappa shape index (κ1) is 16.2. The summed E-state index contributed by atoms with van der Waals surface area (Å²) < 4.78 is 13.3. The van der Waals surface area contributed by atoms with Crippen molar-refractivity contribution in [2.24, 2.45) is 11.3 Å². The minimum absolute atomic E-state index is 0.00940. The highest BCUT2D eigenvalue weighted by atomic mass is 35.5. The van der Waals surface area contributed by atoms with Crippen molar-refractivity contribution in [1.82, 2.24) is 0 Å². The van der Waals surface area contributed by atoms with E-state index in [1.54, 1.807) is 13.0 Å². The Morgan fingerprint density at radius 2 is 1.95 bits per heavy atom. The number of halogens is 2. The van der Waals surface area contributed by atoms with Gasteiger partial charge in [0.1, 0.15) is 5.82 Å². The second-order valence-electron chi connectivity index (χ2n) is 6.58. The quantitative estimate of drug-likeness (QED) is 0.674. The molecule has 0 saturated carbocycles. The molecule has 0 aliphatic carbocycles. The number of hydrogen-bond acceptors (Lipinski definition) is 1. The fraction of sp³-hybridized carbons (Fsp3) is 0.562. The maximum atomic E-state index is 13.3. The molecule has 0 saturated heterocycles. The van der Waals surface area contributed by atoms with Crippen LogP contribution in [0.25, 0.3) is 0 Å². The number of rotatable bonds is 4. The van der Waals surface area contributed by atoms with E-state index in [1.807, 2.05) is 0 Å². The molecule has 0 spiro atoms. The molecule has 0 amide bonds. The third-order valence-corrected chi connectivity index (χ3v) is 3.36. The molecular formula is C16H22ClFO. The molecule has 0 fully saturated rings. The molecule has 1 atom stereocenters. The van der Waals surface area contributed by atoms with Crippen LogP contribution in [0.3, 0.4) is 0 Å². The van der Waals surface area contributed by atoms with Gasteiger partial charge in [-0.15, -0.1) is 0 Å². The van der Waals surface area contributed by atoms with Gasteiger partial charge in [-0.2, -0.15) is 0 Å². The highest BCUT2D eigenvalue weighted by Crippen LogP contribution is 2.28. The molecule has 1 rings (SSSR count). The van der Waals surface area contributed by atoms with Gasteiger partial charge in [-0.05, 0) is 42.4 Å². The molecule has 0 bridgehead atoms. The first-order chi connectivity index (χ1) is 8.60. The molecular weight excluding hydrogens is 263 g/mol. The Bertz CT molecular complexity index is 474. The van der Waals surface area contributed by atoms with E-state index in [0.717, 1.165) is 6.42 Å². The molecule has 19 heavy (non-hydrogen) atoms. The number of carbonyl (C=O) groups excluding carboxylic acids is 1. The second kappa shape index (κ2) is 6.04. The first-order valence-electron chi connectivity index (χ1n) is 6.59. The van der Waals surface area contributed by atoms with Crippen LogP contribution in [0.1, 0.15) is 56.5 Å². The molecule has 0 N–H and O–H groups in total. The van der Waals surface area contributed by atoms with Crippen LogP contribution in [-0.2, 0) is 0 Å². The average molecular weight is 285 g/mol. The van der Waals surface area contributed by atoms with Gasteiger partial charge in [0.25, 0.3) is 0 Å². The third-order valence-electron chi connectivity index (χ3n) is 3.04. The Balaban J connectivity index is 2.82. The maximum absolute atomic E-state index is 13.3. The minimum Gasteiger partial charge on any atom is -0.294 e. The second-order valence-corrected chi connectivity index (χ2v) is 6.99. The summed E-state index contributed by atoms with van der Waals surface area (Å²) in [7, 11) is 0. The Hall–Kier alpha value is -0.890. The highest BCUT2D eigenvalue weighted by molar-refractivity contribution is 6.34. The Morgan fingerprint density at radius 3 is 2.47 bits per heavy atom. The molecule has 106 valence electrons. The SMILES string of the molecule is Cc1cc(C(=O)CC(C)CC(C)(C)C)c(Cl)cc1F. The predicted molar refractivity (Wildman–Crippen MR) is 78.3 cm³/mol. The molecule has 0 radical (unpaired) electrons. The normalized spacial score (nSPS) is 13.4. The van der Waals surface area contributed by atoms with Gasteiger partial charge in [0, 0.05) is 12.0 Å². The van der Waals surface area contributed by atoms with Crippen LogP contribution < -0.4 is 0 Å². The minimum atomic E-state index is -0.371. The fourth-order valence-electron chi connectivity index (χ4n) is 2.41. The Morgan fingerprint density at radius 1 is 1.37 bits per heavy atom. The van der Waals surface area contributed by atoms with Gasteiger partial charge in [0.15, 0.2) is 5.78 Å². The number of ketones is 1. The zero-order valence-electron chi connectivity index (χ0n) is 12.3. The fourth-order valence-corrected chi connectivity index (χ4v) is 2.67. The number of aryl methyl sites for hydroxylation is 1. The topological polar surface area (TPSA) is 17.1 Å². The lowest BCUT2D eigenvalue weighted by Crippen LogP contribution is -2.14. The number of Topliss-reactive ketones (excluding diaryl/α,β-unsaturated/α-hetero) is 1. The molecule has 1 aromatic carbocycles. The average Bonchev–Trinajstić information content (AvgIpc) is 2.20. The lowest BCUT2D eigenvalue weighted by atomic mass is 9.83. The van der Waals surface area contributed by atoms with Crippen LogP contribution in [-0.4, -0.2) is 5.78 Å². The monoisotopic (exact) mass is 284 g/mol. The van der Waals surface area contributed by atoms with E-state index in [1.165, 1.54) is 6.07 Å². The maximum Gasteiger partial charge on any atom is 0.164 e. The summed E-state index contributed by atoms with van der Waals surface area (Å²) in [6, 6.07) is 2.77. The van der Waals surface area contributed by atoms with E-state index in [2.05, 4.69) is 27.7 Å². The van der Waals surface area contributed by atoms with Crippen LogP contribution in [0.5, 0.6) is 0 Å². The van der Waals surface area contributed by atoms with Crippen LogP contribution in [0.4, 0.5) is 4.39 Å². The van der Waals surface area contributed by atoms with Crippen molar-refractivity contribution in [3.63, 3.8) is 0 Å². The van der Waals surface area contributed by atoms with Crippen molar-refractivity contribution in [3.05, 3.63) is 34.1 Å². The van der Waals surface area contributed by atoms with E-state index in [9.17, 15) is 9.18 Å². The van der Waals surface area contributed by atoms with Gasteiger partial charge in [-0.25, -0.2) is 4.39 Å². The number of carbonyl (C=O) groups is 1. The van der Waals surface area contributed by atoms with Crippen LogP contribution >= 0.6 is 11.6 Å². The van der Waals surface area contributed by atoms with E-state index >= 15 is 0 Å². The summed E-state index contributed by atoms with van der Waals surface area (Å²) in [6.45, 7) is 10.2. The van der Waals surface area contributed by atoms with Crippen molar-refractivity contribution in [1.29, 1.82) is 0 Å². The summed E-state index contributed by atoms with van der Waals surface area (Å²) in [5.74, 6) is -0.0944. The molecule has 0 aromatic heterocycles. The van der Waals surface area contributed by atoms with Gasteiger partial charge in [0.2, 0.25) is 0 Å². The van der Waals surface area contributed by atoms with Crippen LogP contribution in [0, 0.1) is 24.1 Å². The molecule has 3 heteroatoms. The molecule has 0 aliphatic heterocycles. The Kier molecular flexibility index (Phi) is 5.14. The summed E-state index contributed by atoms with van der Waals surface area (Å²) in [5.41, 5.74) is 1.08. The first-order valence-corrected chi connectivity index (χ1v) is 6.97. The van der Waals surface area contributed by atoms with Crippen molar-refractivity contribution in [3.8, 4) is 0 Å². The van der Waals surface area contributed by atoms with Gasteiger partial charge in [0.05, 0.1) is 5.02 Å². The molecule has 1 aromatic rings. The molecule has 1 nitrogen and oxygen atoms in total. The van der Waals surface area contributed by atoms with Crippen LogP contribution in [0.2, 0.25) is 5.02 Å². The van der Waals surface area contributed by atoms with Gasteiger partial charge >= 0.3 is 0 Å². The molecule has 0 heterocycles. The summed E-state index contributed by atoms with van der Waals surface area (Å²) in [4.78, 5) is 12.2. The van der Waals surface area contributed by atoms with Crippen LogP contribution in [0.15, 0.2) is 12.1 Å². The van der Waals surface area contributed by atoms with Crippen molar-refractivity contribution in [2.45, 2.75) is 47.5 Å². The van der Waals surface area contributed by atoms with Gasteiger partial charge in [-0.3, -0.25) is 4.79 Å². The number of hydrogen-bond donors (Lipinski definition) is 0. The van der Waals surface area contributed by atoms with E-state index < -0.39 is 0 Å². The van der Waals surface area contributed by atoms with E-state index in [0.29, 0.717) is 17.5 Å². The molecule has 0 aliphatic rings. The predicted octanol–water partition coefficient (Wildman–Crippen LogP) is 5.43. The van der Waals surface area contributed by atoms with E-state index in [-0.39, 0.29) is 28.0 Å².